The van der Waals surface area contributed by atoms with Crippen LogP contribution in [-0.4, -0.2) is 37.6 Å². The molecule has 0 amide bonds. The Hall–Kier alpha value is -1.88. The third-order valence-electron chi connectivity index (χ3n) is 2.95. The standard InChI is InChI=1S/C15H19NO4/c1-3-19-15(17)10-18-9-13-8-14(16-20-13)12-6-4-11(2)5-7-12/h4-7,13H,3,8-10H2,1-2H3. The van der Waals surface area contributed by atoms with Crippen LogP contribution < -0.4 is 0 Å². The van der Waals surface area contributed by atoms with E-state index in [1.807, 2.05) is 31.2 Å². The average Bonchev–Trinajstić information content (AvgIpc) is 2.89. The highest BCUT2D eigenvalue weighted by Crippen LogP contribution is 2.17. The Balaban J connectivity index is 1.74. The van der Waals surface area contributed by atoms with E-state index in [4.69, 9.17) is 14.3 Å². The number of carbonyl (C=O) groups is 1. The molecule has 108 valence electrons. The van der Waals surface area contributed by atoms with Crippen molar-refractivity contribution >= 4 is 11.7 Å². The number of carbonyl (C=O) groups excluding carboxylic acids is 1. The minimum absolute atomic E-state index is 0.0481. The average molecular weight is 277 g/mol. The first kappa shape index (κ1) is 14.5. The lowest BCUT2D eigenvalue weighted by molar-refractivity contribution is -0.149. The molecule has 0 bridgehead atoms. The van der Waals surface area contributed by atoms with Crippen molar-refractivity contribution in [3.8, 4) is 0 Å². The van der Waals surface area contributed by atoms with Crippen LogP contribution in [0.1, 0.15) is 24.5 Å². The third kappa shape index (κ3) is 4.06. The van der Waals surface area contributed by atoms with Gasteiger partial charge in [0.1, 0.15) is 6.61 Å². The van der Waals surface area contributed by atoms with Crippen molar-refractivity contribution in [1.29, 1.82) is 0 Å². The maximum atomic E-state index is 11.1. The Morgan fingerprint density at radius 2 is 2.15 bits per heavy atom. The maximum Gasteiger partial charge on any atom is 0.332 e. The summed E-state index contributed by atoms with van der Waals surface area (Å²) < 4.78 is 10.0. The van der Waals surface area contributed by atoms with E-state index in [0.717, 1.165) is 11.3 Å². The fraction of sp³-hybridized carbons (Fsp3) is 0.467. The van der Waals surface area contributed by atoms with E-state index < -0.39 is 0 Å². The Morgan fingerprint density at radius 1 is 1.40 bits per heavy atom. The zero-order chi connectivity index (χ0) is 14.4. The summed E-state index contributed by atoms with van der Waals surface area (Å²) in [4.78, 5) is 16.4. The molecular weight excluding hydrogens is 258 g/mol. The van der Waals surface area contributed by atoms with Gasteiger partial charge in [-0.05, 0) is 19.4 Å². The van der Waals surface area contributed by atoms with Gasteiger partial charge in [0.25, 0.3) is 0 Å². The quantitative estimate of drug-likeness (QED) is 0.747. The number of ether oxygens (including phenoxy) is 2. The van der Waals surface area contributed by atoms with Crippen molar-refractivity contribution in [1.82, 2.24) is 0 Å². The second kappa shape index (κ2) is 7.05. The molecule has 0 aromatic heterocycles. The van der Waals surface area contributed by atoms with Crippen LogP contribution >= 0.6 is 0 Å². The Bertz CT molecular complexity index is 481. The molecule has 0 saturated carbocycles. The van der Waals surface area contributed by atoms with Crippen LogP contribution in [0.25, 0.3) is 0 Å². The molecule has 1 aromatic carbocycles. The van der Waals surface area contributed by atoms with Crippen LogP contribution in [0.3, 0.4) is 0 Å². The summed E-state index contributed by atoms with van der Waals surface area (Å²) in [6, 6.07) is 8.14. The number of nitrogens with zero attached hydrogens (tertiary/aromatic N) is 1. The molecule has 2 rings (SSSR count). The number of esters is 1. The smallest absolute Gasteiger partial charge is 0.332 e. The molecule has 0 fully saturated rings. The van der Waals surface area contributed by atoms with E-state index in [1.165, 1.54) is 5.56 Å². The van der Waals surface area contributed by atoms with Gasteiger partial charge in [-0.2, -0.15) is 0 Å². The van der Waals surface area contributed by atoms with E-state index in [1.54, 1.807) is 6.92 Å². The molecule has 1 unspecified atom stereocenters. The Kier molecular flexibility index (Phi) is 5.12. The van der Waals surface area contributed by atoms with Crippen molar-refractivity contribution in [3.63, 3.8) is 0 Å². The molecule has 5 heteroatoms. The normalized spacial score (nSPS) is 17.5. The molecule has 1 aliphatic heterocycles. The van der Waals surface area contributed by atoms with Crippen LogP contribution in [0.4, 0.5) is 0 Å². The van der Waals surface area contributed by atoms with E-state index in [9.17, 15) is 4.79 Å². The molecule has 1 aromatic rings. The number of hydrogen-bond acceptors (Lipinski definition) is 5. The third-order valence-corrected chi connectivity index (χ3v) is 2.95. The molecule has 1 aliphatic rings. The Morgan fingerprint density at radius 3 is 2.85 bits per heavy atom. The van der Waals surface area contributed by atoms with E-state index in [0.29, 0.717) is 19.6 Å². The summed E-state index contributed by atoms with van der Waals surface area (Å²) in [5.41, 5.74) is 3.18. The van der Waals surface area contributed by atoms with Gasteiger partial charge < -0.3 is 14.3 Å². The van der Waals surface area contributed by atoms with Gasteiger partial charge >= 0.3 is 5.97 Å². The van der Waals surface area contributed by atoms with Crippen molar-refractivity contribution in [3.05, 3.63) is 35.4 Å². The summed E-state index contributed by atoms with van der Waals surface area (Å²) in [5.74, 6) is -0.356. The summed E-state index contributed by atoms with van der Waals surface area (Å²) in [6.45, 7) is 4.45. The van der Waals surface area contributed by atoms with Crippen LogP contribution in [-0.2, 0) is 19.1 Å². The van der Waals surface area contributed by atoms with E-state index >= 15 is 0 Å². The molecule has 0 N–H and O–H groups in total. The van der Waals surface area contributed by atoms with Crippen LogP contribution in [0.5, 0.6) is 0 Å². The molecule has 5 nitrogen and oxygen atoms in total. The number of benzene rings is 1. The van der Waals surface area contributed by atoms with Crippen molar-refractivity contribution in [2.45, 2.75) is 26.4 Å². The van der Waals surface area contributed by atoms with Crippen molar-refractivity contribution < 1.29 is 19.1 Å². The molecule has 1 atom stereocenters. The predicted molar refractivity (Wildman–Crippen MR) is 74.7 cm³/mol. The molecule has 1 heterocycles. The summed E-state index contributed by atoms with van der Waals surface area (Å²) in [5, 5.41) is 4.07. The molecule has 20 heavy (non-hydrogen) atoms. The maximum absolute atomic E-state index is 11.1. The zero-order valence-corrected chi connectivity index (χ0v) is 11.8. The second-order valence-electron chi connectivity index (χ2n) is 4.66. The summed E-state index contributed by atoms with van der Waals surface area (Å²) in [6.07, 6.45) is 0.548. The zero-order valence-electron chi connectivity index (χ0n) is 11.8. The number of aryl methyl sites for hydroxylation is 1. The second-order valence-corrected chi connectivity index (χ2v) is 4.66. The minimum atomic E-state index is -0.356. The SMILES string of the molecule is CCOC(=O)COCC1CC(c2ccc(C)cc2)=NO1. The summed E-state index contributed by atoms with van der Waals surface area (Å²) in [7, 11) is 0. The van der Waals surface area contributed by atoms with Gasteiger partial charge in [-0.1, -0.05) is 35.0 Å². The van der Waals surface area contributed by atoms with Crippen molar-refractivity contribution in [2.75, 3.05) is 19.8 Å². The topological polar surface area (TPSA) is 57.1 Å². The molecule has 0 saturated heterocycles. The van der Waals surface area contributed by atoms with Crippen LogP contribution in [0.2, 0.25) is 0 Å². The van der Waals surface area contributed by atoms with Crippen molar-refractivity contribution in [2.24, 2.45) is 5.16 Å². The lowest BCUT2D eigenvalue weighted by atomic mass is 10.0. The predicted octanol–water partition coefficient (Wildman–Crippen LogP) is 2.07. The number of hydrogen-bond donors (Lipinski definition) is 0. The first-order valence-electron chi connectivity index (χ1n) is 6.72. The monoisotopic (exact) mass is 277 g/mol. The van der Waals surface area contributed by atoms with Gasteiger partial charge in [-0.25, -0.2) is 4.79 Å². The molecular formula is C15H19NO4. The van der Waals surface area contributed by atoms with Gasteiger partial charge in [0.05, 0.1) is 18.9 Å². The minimum Gasteiger partial charge on any atom is -0.464 e. The molecule has 0 aliphatic carbocycles. The fourth-order valence-corrected chi connectivity index (χ4v) is 1.91. The fourth-order valence-electron chi connectivity index (χ4n) is 1.91. The van der Waals surface area contributed by atoms with Gasteiger partial charge in [0, 0.05) is 6.42 Å². The van der Waals surface area contributed by atoms with Gasteiger partial charge in [-0.3, -0.25) is 0 Å². The first-order valence-corrected chi connectivity index (χ1v) is 6.72. The van der Waals surface area contributed by atoms with Gasteiger partial charge in [0.15, 0.2) is 6.10 Å². The highest BCUT2D eigenvalue weighted by Gasteiger charge is 2.22. The highest BCUT2D eigenvalue weighted by molar-refractivity contribution is 6.01. The van der Waals surface area contributed by atoms with Crippen LogP contribution in [0, 0.1) is 6.92 Å². The lowest BCUT2D eigenvalue weighted by Gasteiger charge is -2.08. The largest absolute Gasteiger partial charge is 0.464 e. The lowest BCUT2D eigenvalue weighted by Crippen LogP contribution is -2.20. The first-order chi connectivity index (χ1) is 9.69. The highest BCUT2D eigenvalue weighted by atomic mass is 16.7. The molecule has 0 spiro atoms. The van der Waals surface area contributed by atoms with Gasteiger partial charge in [-0.15, -0.1) is 0 Å². The van der Waals surface area contributed by atoms with E-state index in [2.05, 4.69) is 5.16 Å². The number of rotatable bonds is 6. The van der Waals surface area contributed by atoms with Crippen LogP contribution in [0.15, 0.2) is 29.4 Å². The molecule has 0 radical (unpaired) electrons. The number of oxime groups is 1. The Labute approximate surface area is 118 Å². The van der Waals surface area contributed by atoms with E-state index in [-0.39, 0.29) is 18.7 Å². The van der Waals surface area contributed by atoms with Gasteiger partial charge in [0.2, 0.25) is 0 Å². The summed E-state index contributed by atoms with van der Waals surface area (Å²) >= 11 is 0.